The predicted molar refractivity (Wildman–Crippen MR) is 49.9 cm³/mol. The van der Waals surface area contributed by atoms with Crippen molar-refractivity contribution >= 4 is 17.7 Å². The monoisotopic (exact) mass is 198 g/mol. The Morgan fingerprint density at radius 1 is 1.77 bits per heavy atom. The highest BCUT2D eigenvalue weighted by Gasteiger charge is 2.29. The molecule has 0 spiro atoms. The fourth-order valence-corrected chi connectivity index (χ4v) is 2.46. The van der Waals surface area contributed by atoms with Crippen molar-refractivity contribution in [3.8, 4) is 0 Å². The third-order valence-corrected chi connectivity index (χ3v) is 3.22. The van der Waals surface area contributed by atoms with Crippen LogP contribution in [-0.2, 0) is 4.79 Å². The Hall–Kier alpha value is -1.01. The minimum Gasteiger partial charge on any atom is -0.368 e. The van der Waals surface area contributed by atoms with E-state index < -0.39 is 0 Å². The number of H-pyrrole nitrogens is 1. The molecule has 13 heavy (non-hydrogen) atoms. The zero-order chi connectivity index (χ0) is 9.26. The molecule has 4 N–H and O–H groups in total. The molecule has 1 aliphatic heterocycles. The van der Waals surface area contributed by atoms with E-state index in [1.54, 1.807) is 18.0 Å². The summed E-state index contributed by atoms with van der Waals surface area (Å²) in [4.78, 5) is 10.8. The summed E-state index contributed by atoms with van der Waals surface area (Å²) in [7, 11) is 0. The topological polar surface area (TPSA) is 83.8 Å². The number of nitrogens with zero attached hydrogens (tertiary/aromatic N) is 1. The van der Waals surface area contributed by atoms with Crippen molar-refractivity contribution < 1.29 is 4.79 Å². The van der Waals surface area contributed by atoms with Crippen LogP contribution in [0.2, 0.25) is 0 Å². The molecule has 2 atom stereocenters. The summed E-state index contributed by atoms with van der Waals surface area (Å²) in [6.07, 6.45) is 3.56. The Labute approximate surface area is 79.5 Å². The van der Waals surface area contributed by atoms with Gasteiger partial charge in [-0.1, -0.05) is 0 Å². The standard InChI is InChI=1S/C7H10N4OS/c8-6(12)5-3-13-7(11-5)4-1-9-10-2-4/h1-2,5,7,11H,3H2,(H2,8,12)(H,9,10). The first-order chi connectivity index (χ1) is 6.27. The zero-order valence-electron chi connectivity index (χ0n) is 6.86. The lowest BCUT2D eigenvalue weighted by Gasteiger charge is -2.07. The average molecular weight is 198 g/mol. The summed E-state index contributed by atoms with van der Waals surface area (Å²) in [6, 6.07) is -0.218. The quantitative estimate of drug-likeness (QED) is 0.603. The third kappa shape index (κ3) is 1.68. The van der Waals surface area contributed by atoms with Gasteiger partial charge < -0.3 is 5.73 Å². The number of carbonyl (C=O) groups excluding carboxylic acids is 1. The smallest absolute Gasteiger partial charge is 0.235 e. The maximum Gasteiger partial charge on any atom is 0.235 e. The normalized spacial score (nSPS) is 27.7. The predicted octanol–water partition coefficient (Wildman–Crippen LogP) is -0.401. The number of hydrogen-bond acceptors (Lipinski definition) is 4. The van der Waals surface area contributed by atoms with E-state index in [1.807, 2.05) is 6.20 Å². The highest BCUT2D eigenvalue weighted by atomic mass is 32.2. The van der Waals surface area contributed by atoms with Crippen LogP contribution < -0.4 is 11.1 Å². The van der Waals surface area contributed by atoms with Gasteiger partial charge in [-0.25, -0.2) is 0 Å². The van der Waals surface area contributed by atoms with Gasteiger partial charge in [0.25, 0.3) is 0 Å². The van der Waals surface area contributed by atoms with E-state index in [0.29, 0.717) is 0 Å². The number of hydrogen-bond donors (Lipinski definition) is 3. The summed E-state index contributed by atoms with van der Waals surface area (Å²) >= 11 is 1.66. The SMILES string of the molecule is NC(=O)C1CSC(c2cn[nH]c2)N1. The molecule has 0 aromatic carbocycles. The van der Waals surface area contributed by atoms with Crippen molar-refractivity contribution in [2.75, 3.05) is 5.75 Å². The molecule has 0 saturated carbocycles. The molecule has 5 nitrogen and oxygen atoms in total. The van der Waals surface area contributed by atoms with Crippen LogP contribution in [0.4, 0.5) is 0 Å². The van der Waals surface area contributed by atoms with E-state index in [2.05, 4.69) is 15.5 Å². The van der Waals surface area contributed by atoms with E-state index >= 15 is 0 Å². The van der Waals surface area contributed by atoms with E-state index in [-0.39, 0.29) is 17.3 Å². The van der Waals surface area contributed by atoms with Crippen molar-refractivity contribution in [2.45, 2.75) is 11.4 Å². The fraction of sp³-hybridized carbons (Fsp3) is 0.429. The minimum absolute atomic E-state index is 0.135. The van der Waals surface area contributed by atoms with E-state index in [1.165, 1.54) is 0 Å². The highest BCUT2D eigenvalue weighted by molar-refractivity contribution is 7.99. The molecule has 2 heterocycles. The van der Waals surface area contributed by atoms with Gasteiger partial charge in [-0.3, -0.25) is 15.2 Å². The largest absolute Gasteiger partial charge is 0.368 e. The maximum atomic E-state index is 10.8. The third-order valence-electron chi connectivity index (χ3n) is 1.95. The molecule has 0 bridgehead atoms. The Balaban J connectivity index is 2.03. The number of nitrogens with two attached hydrogens (primary N) is 1. The minimum atomic E-state index is -0.293. The van der Waals surface area contributed by atoms with Crippen LogP contribution >= 0.6 is 11.8 Å². The first-order valence-electron chi connectivity index (χ1n) is 3.93. The molecule has 1 aromatic rings. The first kappa shape index (κ1) is 8.58. The van der Waals surface area contributed by atoms with Crippen LogP contribution in [0, 0.1) is 0 Å². The number of primary amides is 1. The highest BCUT2D eigenvalue weighted by Crippen LogP contribution is 2.31. The lowest BCUT2D eigenvalue weighted by atomic mass is 10.3. The van der Waals surface area contributed by atoms with E-state index in [0.717, 1.165) is 11.3 Å². The van der Waals surface area contributed by atoms with Gasteiger partial charge in [0.05, 0.1) is 17.6 Å². The maximum absolute atomic E-state index is 10.8. The second kappa shape index (κ2) is 3.39. The molecular weight excluding hydrogens is 188 g/mol. The second-order valence-electron chi connectivity index (χ2n) is 2.87. The molecule has 1 aromatic heterocycles. The number of amides is 1. The van der Waals surface area contributed by atoms with Gasteiger partial charge in [0.1, 0.15) is 0 Å². The zero-order valence-corrected chi connectivity index (χ0v) is 7.67. The lowest BCUT2D eigenvalue weighted by Crippen LogP contribution is -2.38. The van der Waals surface area contributed by atoms with Crippen LogP contribution in [0.3, 0.4) is 0 Å². The average Bonchev–Trinajstić information content (AvgIpc) is 2.75. The Bertz CT molecular complexity index is 299. The van der Waals surface area contributed by atoms with Gasteiger partial charge in [-0.15, -0.1) is 11.8 Å². The summed E-state index contributed by atoms with van der Waals surface area (Å²) in [5.41, 5.74) is 6.22. The number of nitrogens with one attached hydrogen (secondary N) is 2. The van der Waals surface area contributed by atoms with Gasteiger partial charge in [0, 0.05) is 17.5 Å². The molecule has 1 aliphatic rings. The fourth-order valence-electron chi connectivity index (χ4n) is 1.23. The molecule has 0 aliphatic carbocycles. The summed E-state index contributed by atoms with van der Waals surface area (Å²) < 4.78 is 0. The first-order valence-corrected chi connectivity index (χ1v) is 4.98. The Morgan fingerprint density at radius 2 is 2.62 bits per heavy atom. The van der Waals surface area contributed by atoms with Gasteiger partial charge in [0.2, 0.25) is 5.91 Å². The second-order valence-corrected chi connectivity index (χ2v) is 4.00. The molecule has 1 amide bonds. The lowest BCUT2D eigenvalue weighted by molar-refractivity contribution is -0.119. The number of aromatic amines is 1. The summed E-state index contributed by atoms with van der Waals surface area (Å²) in [5.74, 6) is 0.434. The molecule has 70 valence electrons. The Morgan fingerprint density at radius 3 is 3.15 bits per heavy atom. The van der Waals surface area contributed by atoms with Crippen molar-refractivity contribution in [1.29, 1.82) is 0 Å². The van der Waals surface area contributed by atoms with Crippen LogP contribution in [0.1, 0.15) is 10.9 Å². The molecule has 1 fully saturated rings. The van der Waals surface area contributed by atoms with Crippen LogP contribution in [0.15, 0.2) is 12.4 Å². The van der Waals surface area contributed by atoms with Crippen molar-refractivity contribution in [2.24, 2.45) is 5.73 Å². The Kier molecular flexibility index (Phi) is 2.24. The van der Waals surface area contributed by atoms with Gasteiger partial charge in [-0.05, 0) is 0 Å². The van der Waals surface area contributed by atoms with E-state index in [9.17, 15) is 4.79 Å². The van der Waals surface area contributed by atoms with Crippen molar-refractivity contribution in [1.82, 2.24) is 15.5 Å². The molecule has 0 radical (unpaired) electrons. The van der Waals surface area contributed by atoms with Crippen LogP contribution in [-0.4, -0.2) is 27.9 Å². The van der Waals surface area contributed by atoms with Gasteiger partial charge in [0.15, 0.2) is 0 Å². The number of thioether (sulfide) groups is 1. The molecule has 1 saturated heterocycles. The molecule has 2 rings (SSSR count). The van der Waals surface area contributed by atoms with Crippen LogP contribution in [0.25, 0.3) is 0 Å². The van der Waals surface area contributed by atoms with Gasteiger partial charge in [-0.2, -0.15) is 5.10 Å². The number of aromatic nitrogens is 2. The molecule has 6 heteroatoms. The summed E-state index contributed by atoms with van der Waals surface area (Å²) in [5, 5.41) is 9.83. The number of carbonyl (C=O) groups is 1. The molecule has 2 unspecified atom stereocenters. The number of rotatable bonds is 2. The van der Waals surface area contributed by atoms with Crippen molar-refractivity contribution in [3.63, 3.8) is 0 Å². The van der Waals surface area contributed by atoms with Crippen molar-refractivity contribution in [3.05, 3.63) is 18.0 Å². The van der Waals surface area contributed by atoms with E-state index in [4.69, 9.17) is 5.73 Å². The van der Waals surface area contributed by atoms with Crippen LogP contribution in [0.5, 0.6) is 0 Å². The summed E-state index contributed by atoms with van der Waals surface area (Å²) in [6.45, 7) is 0. The van der Waals surface area contributed by atoms with Gasteiger partial charge >= 0.3 is 0 Å². The molecular formula is C7H10N4OS.